The number of benzene rings is 8. The predicted octanol–water partition coefficient (Wildman–Crippen LogP) is 9.89. The summed E-state index contributed by atoms with van der Waals surface area (Å²) in [6.45, 7) is 4.32. The lowest BCUT2D eigenvalue weighted by Gasteiger charge is -2.20. The van der Waals surface area contributed by atoms with Crippen LogP contribution in [0.25, 0.3) is 64.6 Å². The maximum Gasteiger partial charge on any atom is 0.138 e. The molecule has 0 aliphatic heterocycles. The topological polar surface area (TPSA) is 9.23 Å². The zero-order chi connectivity index (χ0) is 23.3. The Hall–Kier alpha value is -4.36. The summed E-state index contributed by atoms with van der Waals surface area (Å²) in [5.74, 6) is 1.91. The fourth-order valence-corrected chi connectivity index (χ4v) is 6.23. The van der Waals surface area contributed by atoms with Crippen molar-refractivity contribution in [3.8, 4) is 11.5 Å². The van der Waals surface area contributed by atoms with Crippen LogP contribution in [0, 0.1) is 13.8 Å². The molecule has 0 unspecified atom stereocenters. The quantitative estimate of drug-likeness (QED) is 0.240. The van der Waals surface area contributed by atoms with E-state index in [0.717, 1.165) is 22.6 Å². The first-order valence-electron chi connectivity index (χ1n) is 12.2. The fraction of sp³-hybridized carbons (Fsp3) is 0.0588. The van der Waals surface area contributed by atoms with Crippen LogP contribution in [-0.2, 0) is 0 Å². The van der Waals surface area contributed by atoms with Crippen LogP contribution >= 0.6 is 0 Å². The van der Waals surface area contributed by atoms with Gasteiger partial charge < -0.3 is 4.74 Å². The molecule has 0 aliphatic carbocycles. The monoisotopic (exact) mass is 446 g/mol. The van der Waals surface area contributed by atoms with E-state index >= 15 is 0 Å². The molecule has 0 radical (unpaired) electrons. The average molecular weight is 447 g/mol. The van der Waals surface area contributed by atoms with Gasteiger partial charge in [0, 0.05) is 21.5 Å². The Morgan fingerprint density at radius 1 is 0.400 bits per heavy atom. The van der Waals surface area contributed by atoms with E-state index in [9.17, 15) is 0 Å². The molecular weight excluding hydrogens is 424 g/mol. The molecular formula is C34H22O. The van der Waals surface area contributed by atoms with Crippen molar-refractivity contribution in [2.24, 2.45) is 0 Å². The minimum atomic E-state index is 0.953. The Labute approximate surface area is 202 Å². The van der Waals surface area contributed by atoms with Gasteiger partial charge in [-0.3, -0.25) is 0 Å². The van der Waals surface area contributed by atoms with Gasteiger partial charge in [0.25, 0.3) is 0 Å². The van der Waals surface area contributed by atoms with Gasteiger partial charge in [0.05, 0.1) is 0 Å². The van der Waals surface area contributed by atoms with E-state index in [4.69, 9.17) is 4.74 Å². The molecule has 0 saturated carbocycles. The summed E-state index contributed by atoms with van der Waals surface area (Å²) in [6.07, 6.45) is 0. The Morgan fingerprint density at radius 2 is 0.771 bits per heavy atom. The number of hydrogen-bond acceptors (Lipinski definition) is 1. The molecule has 0 aromatic heterocycles. The summed E-state index contributed by atoms with van der Waals surface area (Å²) in [5.41, 5.74) is 2.31. The second kappa shape index (κ2) is 6.61. The normalized spacial score (nSPS) is 12.3. The van der Waals surface area contributed by atoms with Crippen molar-refractivity contribution in [1.29, 1.82) is 0 Å². The number of ether oxygens (including phenoxy) is 1. The van der Waals surface area contributed by atoms with E-state index in [1.54, 1.807) is 0 Å². The molecule has 1 nitrogen and oxygen atoms in total. The first-order chi connectivity index (χ1) is 17.2. The van der Waals surface area contributed by atoms with Crippen LogP contribution in [0.5, 0.6) is 11.5 Å². The van der Waals surface area contributed by atoms with E-state index in [2.05, 4.69) is 111 Å². The standard InChI is InChI=1S/C34H22O/c1-19-17-25-11-9-21-5-3-7-23-13-15-27(31(25)29(21)23)33(19)35-34-20(2)18-26-12-10-22-6-4-8-24-14-16-28(34)32(26)30(22)24/h3-18H,1-2H3. The lowest BCUT2D eigenvalue weighted by molar-refractivity contribution is 0.487. The summed E-state index contributed by atoms with van der Waals surface area (Å²) >= 11 is 0. The van der Waals surface area contributed by atoms with Crippen LogP contribution in [0.1, 0.15) is 11.1 Å². The Bertz CT molecular complexity index is 1910. The van der Waals surface area contributed by atoms with Crippen LogP contribution in [0.15, 0.2) is 97.1 Å². The van der Waals surface area contributed by atoms with E-state index in [1.807, 2.05) is 0 Å². The largest absolute Gasteiger partial charge is 0.456 e. The molecule has 0 saturated heterocycles. The van der Waals surface area contributed by atoms with Crippen molar-refractivity contribution in [1.82, 2.24) is 0 Å². The summed E-state index contributed by atoms with van der Waals surface area (Å²) in [4.78, 5) is 0. The number of hydrogen-bond donors (Lipinski definition) is 0. The lowest BCUT2D eigenvalue weighted by Crippen LogP contribution is -1.96. The molecule has 8 aromatic carbocycles. The van der Waals surface area contributed by atoms with E-state index in [0.29, 0.717) is 0 Å². The highest BCUT2D eigenvalue weighted by molar-refractivity contribution is 6.26. The molecule has 8 rings (SSSR count). The molecule has 0 spiro atoms. The van der Waals surface area contributed by atoms with Crippen LogP contribution in [-0.4, -0.2) is 0 Å². The maximum atomic E-state index is 6.95. The van der Waals surface area contributed by atoms with Crippen LogP contribution in [0.3, 0.4) is 0 Å². The predicted molar refractivity (Wildman–Crippen MR) is 150 cm³/mol. The van der Waals surface area contributed by atoms with Crippen molar-refractivity contribution in [2.45, 2.75) is 13.8 Å². The average Bonchev–Trinajstić information content (AvgIpc) is 2.88. The molecule has 0 fully saturated rings. The van der Waals surface area contributed by atoms with Crippen molar-refractivity contribution >= 4 is 64.6 Å². The Morgan fingerprint density at radius 3 is 1.20 bits per heavy atom. The highest BCUT2D eigenvalue weighted by Gasteiger charge is 2.18. The van der Waals surface area contributed by atoms with Gasteiger partial charge in [-0.25, -0.2) is 0 Å². The first-order valence-corrected chi connectivity index (χ1v) is 12.2. The molecule has 1 heteroatoms. The lowest BCUT2D eigenvalue weighted by atomic mass is 9.91. The molecule has 0 heterocycles. The third kappa shape index (κ3) is 2.48. The minimum Gasteiger partial charge on any atom is -0.456 e. The molecule has 0 amide bonds. The molecule has 0 atom stereocenters. The van der Waals surface area contributed by atoms with Crippen molar-refractivity contribution < 1.29 is 4.74 Å². The zero-order valence-corrected chi connectivity index (χ0v) is 19.6. The summed E-state index contributed by atoms with van der Waals surface area (Å²) in [7, 11) is 0. The van der Waals surface area contributed by atoms with E-state index < -0.39 is 0 Å². The van der Waals surface area contributed by atoms with Gasteiger partial charge in [-0.1, -0.05) is 72.8 Å². The number of aryl methyl sites for hydroxylation is 2. The highest BCUT2D eigenvalue weighted by atomic mass is 16.5. The Balaban J connectivity index is 1.45. The fourth-order valence-electron chi connectivity index (χ4n) is 6.23. The summed E-state index contributed by atoms with van der Waals surface area (Å²) < 4.78 is 6.95. The van der Waals surface area contributed by atoms with Gasteiger partial charge in [0.2, 0.25) is 0 Å². The summed E-state index contributed by atoms with van der Waals surface area (Å²) in [6, 6.07) is 35.5. The summed E-state index contributed by atoms with van der Waals surface area (Å²) in [5, 5.41) is 15.2. The van der Waals surface area contributed by atoms with E-state index in [-0.39, 0.29) is 0 Å². The third-order valence-corrected chi connectivity index (χ3v) is 7.77. The second-order valence-corrected chi connectivity index (χ2v) is 9.86. The highest BCUT2D eigenvalue weighted by Crippen LogP contribution is 2.46. The molecule has 8 aromatic rings. The number of rotatable bonds is 2. The molecule has 0 aliphatic rings. The van der Waals surface area contributed by atoms with Crippen molar-refractivity contribution in [3.63, 3.8) is 0 Å². The van der Waals surface area contributed by atoms with E-state index in [1.165, 1.54) is 64.6 Å². The van der Waals surface area contributed by atoms with Crippen LogP contribution in [0.4, 0.5) is 0 Å². The molecule has 164 valence electrons. The smallest absolute Gasteiger partial charge is 0.138 e. The van der Waals surface area contributed by atoms with Gasteiger partial charge in [0.15, 0.2) is 0 Å². The van der Waals surface area contributed by atoms with Gasteiger partial charge >= 0.3 is 0 Å². The molecule has 0 bridgehead atoms. The SMILES string of the molecule is Cc1cc2ccc3cccc4ccc(c1Oc1c(C)cc5ccc6cccc7ccc1c5c67)c2c34. The third-order valence-electron chi connectivity index (χ3n) is 7.77. The second-order valence-electron chi connectivity index (χ2n) is 9.86. The Kier molecular flexibility index (Phi) is 3.59. The first kappa shape index (κ1) is 19.0. The van der Waals surface area contributed by atoms with Gasteiger partial charge in [-0.15, -0.1) is 0 Å². The van der Waals surface area contributed by atoms with Gasteiger partial charge in [0.1, 0.15) is 11.5 Å². The van der Waals surface area contributed by atoms with Gasteiger partial charge in [-0.05, 0) is 92.3 Å². The van der Waals surface area contributed by atoms with Crippen LogP contribution < -0.4 is 4.74 Å². The molecule has 0 N–H and O–H groups in total. The minimum absolute atomic E-state index is 0.953. The van der Waals surface area contributed by atoms with Crippen molar-refractivity contribution in [2.75, 3.05) is 0 Å². The van der Waals surface area contributed by atoms with Gasteiger partial charge in [-0.2, -0.15) is 0 Å². The maximum absolute atomic E-state index is 6.95. The molecule has 35 heavy (non-hydrogen) atoms. The van der Waals surface area contributed by atoms with Crippen molar-refractivity contribution in [3.05, 3.63) is 108 Å². The zero-order valence-electron chi connectivity index (χ0n) is 19.6. The van der Waals surface area contributed by atoms with Crippen LogP contribution in [0.2, 0.25) is 0 Å².